The highest BCUT2D eigenvalue weighted by molar-refractivity contribution is 6.21. The van der Waals surface area contributed by atoms with Crippen LogP contribution in [0.15, 0.2) is 24.3 Å². The quantitative estimate of drug-likeness (QED) is 0.809. The Balaban J connectivity index is 2.04. The Labute approximate surface area is 157 Å². The third-order valence-corrected chi connectivity index (χ3v) is 3.90. The van der Waals surface area contributed by atoms with Crippen molar-refractivity contribution in [2.45, 2.75) is 52.2 Å². The topological polar surface area (TPSA) is 102 Å². The summed E-state index contributed by atoms with van der Waals surface area (Å²) in [5.74, 6) is -1.76. The van der Waals surface area contributed by atoms with Gasteiger partial charge in [-0.1, -0.05) is 18.2 Å². The van der Waals surface area contributed by atoms with E-state index in [1.807, 2.05) is 0 Å². The molecule has 0 radical (unpaired) electrons. The zero-order chi connectivity index (χ0) is 20.4. The molecule has 0 aliphatic carbocycles. The second-order valence-electron chi connectivity index (χ2n) is 7.36. The molecule has 1 N–H and O–H groups in total. The van der Waals surface area contributed by atoms with E-state index >= 15 is 0 Å². The number of imide groups is 1. The molecule has 0 fully saturated rings. The molecule has 1 aromatic rings. The van der Waals surface area contributed by atoms with Crippen molar-refractivity contribution in [2.75, 3.05) is 11.4 Å². The van der Waals surface area contributed by atoms with Crippen molar-refractivity contribution < 1.29 is 28.7 Å². The van der Waals surface area contributed by atoms with Crippen molar-refractivity contribution in [1.29, 1.82) is 0 Å². The summed E-state index contributed by atoms with van der Waals surface area (Å²) in [4.78, 5) is 49.4. The number of anilines is 1. The van der Waals surface area contributed by atoms with Gasteiger partial charge in [-0.25, -0.2) is 9.69 Å². The van der Waals surface area contributed by atoms with Crippen LogP contribution in [0.3, 0.4) is 0 Å². The van der Waals surface area contributed by atoms with Crippen LogP contribution >= 0.6 is 0 Å². The first-order chi connectivity index (χ1) is 12.5. The summed E-state index contributed by atoms with van der Waals surface area (Å²) in [6, 6.07) is 6.66. The van der Waals surface area contributed by atoms with Crippen LogP contribution in [0.1, 0.15) is 46.6 Å². The monoisotopic (exact) mass is 376 g/mol. The van der Waals surface area contributed by atoms with Crippen LogP contribution in [-0.4, -0.2) is 36.0 Å². The van der Waals surface area contributed by atoms with Gasteiger partial charge in [0.05, 0.1) is 12.1 Å². The molecule has 27 heavy (non-hydrogen) atoms. The number of rotatable bonds is 4. The number of hydrogen-bond donors (Lipinski definition) is 1. The summed E-state index contributed by atoms with van der Waals surface area (Å²) in [6.45, 7) is 7.90. The van der Waals surface area contributed by atoms with Crippen LogP contribution < -0.4 is 10.2 Å². The number of para-hydroxylation sites is 1. The first-order valence-corrected chi connectivity index (χ1v) is 8.59. The molecule has 8 heteroatoms. The number of amides is 3. The number of alkyl carbamates (subject to hydrolysis) is 1. The molecule has 1 heterocycles. The van der Waals surface area contributed by atoms with Gasteiger partial charge in [0.15, 0.2) is 0 Å². The second kappa shape index (κ2) is 7.38. The second-order valence-corrected chi connectivity index (χ2v) is 7.36. The van der Waals surface area contributed by atoms with Gasteiger partial charge in [-0.15, -0.1) is 0 Å². The van der Waals surface area contributed by atoms with Crippen LogP contribution in [0.2, 0.25) is 0 Å². The highest BCUT2D eigenvalue weighted by Crippen LogP contribution is 2.42. The molecular formula is C19H24N2O6. The molecule has 1 aliphatic rings. The maximum absolute atomic E-state index is 12.7. The van der Waals surface area contributed by atoms with Gasteiger partial charge in [0.1, 0.15) is 5.60 Å². The SMILES string of the molecule is CC(=O)N1C(=O)C(C)(OC(=O)CCNC(=O)OC(C)(C)C)c2ccccc21. The van der Waals surface area contributed by atoms with E-state index in [-0.39, 0.29) is 13.0 Å². The summed E-state index contributed by atoms with van der Waals surface area (Å²) in [7, 11) is 0. The summed E-state index contributed by atoms with van der Waals surface area (Å²) in [5.41, 5.74) is -1.39. The standard InChI is InChI=1S/C19H24N2O6/c1-12(22)21-14-9-7-6-8-13(14)19(5,16(21)24)26-15(23)10-11-20-17(25)27-18(2,3)4/h6-9H,10-11H2,1-5H3,(H,20,25). The van der Waals surface area contributed by atoms with Gasteiger partial charge in [0.25, 0.3) is 5.91 Å². The van der Waals surface area contributed by atoms with Crippen molar-refractivity contribution in [1.82, 2.24) is 5.32 Å². The lowest BCUT2D eigenvalue weighted by Crippen LogP contribution is -2.43. The summed E-state index contributed by atoms with van der Waals surface area (Å²) >= 11 is 0. The number of esters is 1. The Morgan fingerprint density at radius 2 is 1.81 bits per heavy atom. The van der Waals surface area contributed by atoms with Crippen LogP contribution in [-0.2, 0) is 29.5 Å². The van der Waals surface area contributed by atoms with E-state index in [4.69, 9.17) is 9.47 Å². The fourth-order valence-corrected chi connectivity index (χ4v) is 2.78. The predicted molar refractivity (Wildman–Crippen MR) is 96.9 cm³/mol. The van der Waals surface area contributed by atoms with Gasteiger partial charge in [0.2, 0.25) is 11.5 Å². The summed E-state index contributed by atoms with van der Waals surface area (Å²) < 4.78 is 10.5. The van der Waals surface area contributed by atoms with E-state index in [9.17, 15) is 19.2 Å². The largest absolute Gasteiger partial charge is 0.444 e. The lowest BCUT2D eigenvalue weighted by atomic mass is 9.97. The van der Waals surface area contributed by atoms with E-state index in [1.165, 1.54) is 13.8 Å². The number of carbonyl (C=O) groups is 4. The Morgan fingerprint density at radius 3 is 2.41 bits per heavy atom. The molecule has 1 aromatic carbocycles. The van der Waals surface area contributed by atoms with E-state index in [1.54, 1.807) is 45.0 Å². The Bertz CT molecular complexity index is 783. The minimum Gasteiger partial charge on any atom is -0.444 e. The van der Waals surface area contributed by atoms with Crippen molar-refractivity contribution in [3.05, 3.63) is 29.8 Å². The Morgan fingerprint density at radius 1 is 1.19 bits per heavy atom. The van der Waals surface area contributed by atoms with Crippen LogP contribution in [0, 0.1) is 0 Å². The van der Waals surface area contributed by atoms with Crippen molar-refractivity contribution in [3.63, 3.8) is 0 Å². The molecule has 0 aromatic heterocycles. The van der Waals surface area contributed by atoms with E-state index in [2.05, 4.69) is 5.32 Å². The fraction of sp³-hybridized carbons (Fsp3) is 0.474. The number of carbonyl (C=O) groups excluding carboxylic acids is 4. The zero-order valence-electron chi connectivity index (χ0n) is 16.1. The number of nitrogens with one attached hydrogen (secondary N) is 1. The van der Waals surface area contributed by atoms with Crippen molar-refractivity contribution in [2.24, 2.45) is 0 Å². The number of hydrogen-bond acceptors (Lipinski definition) is 6. The maximum atomic E-state index is 12.7. The number of fused-ring (bicyclic) bond motifs is 1. The van der Waals surface area contributed by atoms with Gasteiger partial charge in [-0.05, 0) is 33.8 Å². The Hall–Kier alpha value is -2.90. The molecule has 2 rings (SSSR count). The molecule has 1 aliphatic heterocycles. The number of ether oxygens (including phenoxy) is 2. The van der Waals surface area contributed by atoms with Gasteiger partial charge in [-0.2, -0.15) is 0 Å². The van der Waals surface area contributed by atoms with Gasteiger partial charge in [0, 0.05) is 19.0 Å². The molecule has 8 nitrogen and oxygen atoms in total. The molecule has 3 amide bonds. The highest BCUT2D eigenvalue weighted by atomic mass is 16.6. The number of nitrogens with zero attached hydrogens (tertiary/aromatic N) is 1. The Kier molecular flexibility index (Phi) is 5.58. The van der Waals surface area contributed by atoms with Crippen LogP contribution in [0.5, 0.6) is 0 Å². The molecule has 0 saturated carbocycles. The lowest BCUT2D eigenvalue weighted by Gasteiger charge is -2.24. The molecule has 0 saturated heterocycles. The highest BCUT2D eigenvalue weighted by Gasteiger charge is 2.51. The third-order valence-electron chi connectivity index (χ3n) is 3.90. The van der Waals surface area contributed by atoms with Gasteiger partial charge < -0.3 is 14.8 Å². The van der Waals surface area contributed by atoms with Crippen LogP contribution in [0.25, 0.3) is 0 Å². The van der Waals surface area contributed by atoms with E-state index < -0.39 is 35.1 Å². The molecule has 1 unspecified atom stereocenters. The first-order valence-electron chi connectivity index (χ1n) is 8.59. The smallest absolute Gasteiger partial charge is 0.407 e. The fourth-order valence-electron chi connectivity index (χ4n) is 2.78. The molecular weight excluding hydrogens is 352 g/mol. The number of benzene rings is 1. The van der Waals surface area contributed by atoms with Crippen LogP contribution in [0.4, 0.5) is 10.5 Å². The predicted octanol–water partition coefficient (Wildman–Crippen LogP) is 2.25. The minimum atomic E-state index is -1.59. The maximum Gasteiger partial charge on any atom is 0.407 e. The normalized spacial score (nSPS) is 18.7. The molecule has 0 spiro atoms. The van der Waals surface area contributed by atoms with E-state index in [0.717, 1.165) is 4.90 Å². The molecule has 146 valence electrons. The third kappa shape index (κ3) is 4.45. The molecule has 1 atom stereocenters. The van der Waals surface area contributed by atoms with Gasteiger partial charge >= 0.3 is 12.1 Å². The summed E-state index contributed by atoms with van der Waals surface area (Å²) in [6.07, 6.45) is -0.795. The van der Waals surface area contributed by atoms with Crippen molar-refractivity contribution in [3.8, 4) is 0 Å². The van der Waals surface area contributed by atoms with E-state index in [0.29, 0.717) is 11.3 Å². The average molecular weight is 376 g/mol. The van der Waals surface area contributed by atoms with Crippen molar-refractivity contribution >= 4 is 29.6 Å². The average Bonchev–Trinajstić information content (AvgIpc) is 2.74. The molecule has 0 bridgehead atoms. The zero-order valence-corrected chi connectivity index (χ0v) is 16.1. The summed E-state index contributed by atoms with van der Waals surface area (Å²) in [5, 5.41) is 2.45. The minimum absolute atomic E-state index is 0.00388. The van der Waals surface area contributed by atoms with Gasteiger partial charge in [-0.3, -0.25) is 14.4 Å². The first kappa shape index (κ1) is 20.4. The lowest BCUT2D eigenvalue weighted by molar-refractivity contribution is -0.166.